The Labute approximate surface area is 344 Å². The van der Waals surface area contributed by atoms with Crippen molar-refractivity contribution in [3.63, 3.8) is 0 Å². The third kappa shape index (κ3) is 6.64. The lowest BCUT2D eigenvalue weighted by Crippen LogP contribution is -2.58. The minimum absolute atomic E-state index is 0.0941. The van der Waals surface area contributed by atoms with Gasteiger partial charge in [-0.2, -0.15) is 0 Å². The third-order valence-corrected chi connectivity index (χ3v) is 17.0. The van der Waals surface area contributed by atoms with Gasteiger partial charge in [-0.25, -0.2) is 0 Å². The van der Waals surface area contributed by atoms with E-state index in [-0.39, 0.29) is 63.1 Å². The molecule has 58 heavy (non-hydrogen) atoms. The number of aromatic hydroxyl groups is 1. The van der Waals surface area contributed by atoms with Gasteiger partial charge in [0.05, 0.1) is 29.9 Å². The predicted molar refractivity (Wildman–Crippen MR) is 225 cm³/mol. The molecule has 1 aromatic heterocycles. The molecule has 8 nitrogen and oxygen atoms in total. The van der Waals surface area contributed by atoms with Crippen molar-refractivity contribution in [1.29, 1.82) is 0 Å². The number of fused-ring (bicyclic) bond motifs is 7. The fraction of sp³-hybridized carbons (Fsp3) is 0.620. The Hall–Kier alpha value is -3.91. The number of rotatable bonds is 7. The van der Waals surface area contributed by atoms with Crippen molar-refractivity contribution in [2.24, 2.45) is 50.7 Å². The van der Waals surface area contributed by atoms with Crippen LogP contribution in [0.5, 0.6) is 11.5 Å². The highest BCUT2D eigenvalue weighted by Gasteiger charge is 2.63. The van der Waals surface area contributed by atoms with Crippen LogP contribution < -0.4 is 10.2 Å². The molecule has 0 saturated heterocycles. The van der Waals surface area contributed by atoms with Crippen molar-refractivity contribution in [2.45, 2.75) is 138 Å². The number of carbonyl (C=O) groups excluding carboxylic acids is 2. The quantitative estimate of drug-likeness (QED) is 0.143. The van der Waals surface area contributed by atoms with E-state index < -0.39 is 11.9 Å². The first-order chi connectivity index (χ1) is 27.4. The molecule has 1 heterocycles. The van der Waals surface area contributed by atoms with E-state index in [0.717, 1.165) is 25.7 Å². The Bertz CT molecular complexity index is 2160. The van der Waals surface area contributed by atoms with E-state index in [1.165, 1.54) is 56.9 Å². The van der Waals surface area contributed by atoms with E-state index >= 15 is 0 Å². The van der Waals surface area contributed by atoms with Crippen LogP contribution in [0.4, 0.5) is 0 Å². The molecule has 8 rings (SSSR count). The van der Waals surface area contributed by atoms with Crippen LogP contribution in [-0.2, 0) is 19.1 Å². The number of allylic oxidation sites excluding steroid dienone is 2. The van der Waals surface area contributed by atoms with Gasteiger partial charge in [-0.15, -0.1) is 0 Å². The number of methoxy groups -OCH3 is 1. The van der Waals surface area contributed by atoms with Gasteiger partial charge < -0.3 is 23.7 Å². The van der Waals surface area contributed by atoms with Gasteiger partial charge in [0.1, 0.15) is 18.1 Å². The molecule has 0 amide bonds. The topological polar surface area (TPSA) is 112 Å². The first kappa shape index (κ1) is 40.9. The highest BCUT2D eigenvalue weighted by atomic mass is 16.6. The standard InChI is InChI=1S/C50H64O8/c1-46(2)38-22-25-48(5)28-31-14-18-37-47(3,4)41(24-26-49(37,6)35(31)17-19-39(48)50(38,7)27-23-40(46)55-8)58-43(53)21-20-42(52)57-36-11-9-10-33-44(54)34(29-56-45(33)36)30-12-15-32(51)16-13-30/h9-16,29,35,37-41,51H,17-28H2,1-8H3/t35-,37-,38-,39-,40+,41+,48-,49+,50-/m0/s1. The maximum Gasteiger partial charge on any atom is 0.311 e. The number of esters is 2. The molecule has 0 spiro atoms. The van der Waals surface area contributed by atoms with Gasteiger partial charge in [-0.05, 0) is 139 Å². The van der Waals surface area contributed by atoms with Gasteiger partial charge >= 0.3 is 11.9 Å². The molecular weight excluding hydrogens is 729 g/mol. The molecule has 3 aromatic rings. The zero-order valence-corrected chi connectivity index (χ0v) is 36.0. The molecule has 0 unspecified atom stereocenters. The fourth-order valence-electron chi connectivity index (χ4n) is 14.2. The van der Waals surface area contributed by atoms with Gasteiger partial charge in [-0.1, -0.05) is 78.3 Å². The Morgan fingerprint density at radius 1 is 0.776 bits per heavy atom. The average molecular weight is 793 g/mol. The van der Waals surface area contributed by atoms with E-state index in [4.69, 9.17) is 18.6 Å². The summed E-state index contributed by atoms with van der Waals surface area (Å²) in [4.78, 5) is 39.8. The van der Waals surface area contributed by atoms with Crippen LogP contribution in [0.3, 0.4) is 0 Å². The number of benzene rings is 2. The molecule has 9 atom stereocenters. The lowest BCUT2D eigenvalue weighted by atomic mass is 9.42. The summed E-state index contributed by atoms with van der Waals surface area (Å²) >= 11 is 0. The average Bonchev–Trinajstić information content (AvgIpc) is 3.33. The SMILES string of the molecule is CO[C@@H]1CC[C@@]2(C)[C@@H](CC[C@@]3(C)CC4=CC[C@H]5C(C)(C)[C@H](OC(=O)CCC(=O)Oc6cccc7c(=O)c(-c8ccc(O)cc8)coc67)CC[C@]5(C)[C@H]4CC[C@@H]32)C1(C)C. The van der Waals surface area contributed by atoms with Gasteiger partial charge in [-0.3, -0.25) is 14.4 Å². The molecule has 312 valence electrons. The molecule has 4 fully saturated rings. The lowest BCUT2D eigenvalue weighted by molar-refractivity contribution is -0.178. The van der Waals surface area contributed by atoms with Crippen LogP contribution in [-0.4, -0.2) is 36.4 Å². The molecule has 0 bridgehead atoms. The van der Waals surface area contributed by atoms with Crippen molar-refractivity contribution in [3.8, 4) is 22.6 Å². The Balaban J connectivity index is 0.912. The summed E-state index contributed by atoms with van der Waals surface area (Å²) in [7, 11) is 1.91. The summed E-state index contributed by atoms with van der Waals surface area (Å²) in [6.45, 7) is 17.3. The first-order valence-corrected chi connectivity index (χ1v) is 21.9. The third-order valence-electron chi connectivity index (χ3n) is 17.0. The second-order valence-electron chi connectivity index (χ2n) is 20.7. The van der Waals surface area contributed by atoms with Crippen LogP contribution in [0, 0.1) is 50.7 Å². The van der Waals surface area contributed by atoms with Gasteiger partial charge in [0.25, 0.3) is 0 Å². The second-order valence-corrected chi connectivity index (χ2v) is 20.7. The van der Waals surface area contributed by atoms with Crippen LogP contribution in [0.15, 0.2) is 69.6 Å². The number of carbonyl (C=O) groups is 2. The van der Waals surface area contributed by atoms with E-state index in [2.05, 4.69) is 54.5 Å². The fourth-order valence-corrected chi connectivity index (χ4v) is 14.2. The van der Waals surface area contributed by atoms with Crippen molar-refractivity contribution in [1.82, 2.24) is 0 Å². The summed E-state index contributed by atoms with van der Waals surface area (Å²) in [6, 6.07) is 11.1. The summed E-state index contributed by atoms with van der Waals surface area (Å²) in [5.41, 5.74) is 3.21. The minimum atomic E-state index is -0.603. The van der Waals surface area contributed by atoms with Gasteiger partial charge in [0.15, 0.2) is 11.3 Å². The molecule has 0 radical (unpaired) electrons. The summed E-state index contributed by atoms with van der Waals surface area (Å²) < 4.78 is 23.8. The number of phenols is 1. The molecule has 0 aliphatic heterocycles. The summed E-state index contributed by atoms with van der Waals surface area (Å²) in [5.74, 6) is 1.51. The van der Waals surface area contributed by atoms with Crippen molar-refractivity contribution >= 4 is 22.9 Å². The van der Waals surface area contributed by atoms with Crippen molar-refractivity contribution in [2.75, 3.05) is 7.11 Å². The number of hydrogen-bond acceptors (Lipinski definition) is 8. The normalized spacial score (nSPS) is 34.9. The Morgan fingerprint density at radius 2 is 1.47 bits per heavy atom. The molecule has 5 aliphatic rings. The van der Waals surface area contributed by atoms with Gasteiger partial charge in [0.2, 0.25) is 5.43 Å². The van der Waals surface area contributed by atoms with Gasteiger partial charge in [0, 0.05) is 12.5 Å². The van der Waals surface area contributed by atoms with Crippen LogP contribution >= 0.6 is 0 Å². The maximum atomic E-state index is 13.4. The Kier molecular flexibility index (Phi) is 10.3. The van der Waals surface area contributed by atoms with E-state index in [1.54, 1.807) is 35.9 Å². The lowest BCUT2D eigenvalue weighted by Gasteiger charge is -2.64. The van der Waals surface area contributed by atoms with E-state index in [9.17, 15) is 19.5 Å². The van der Waals surface area contributed by atoms with Crippen LogP contribution in [0.25, 0.3) is 22.1 Å². The highest BCUT2D eigenvalue weighted by Crippen LogP contribution is 2.70. The second kappa shape index (κ2) is 14.7. The van der Waals surface area contributed by atoms with E-state index in [1.807, 2.05) is 7.11 Å². The highest BCUT2D eigenvalue weighted by molar-refractivity contribution is 5.88. The largest absolute Gasteiger partial charge is 0.508 e. The summed E-state index contributed by atoms with van der Waals surface area (Å²) in [6.07, 6.45) is 15.3. The first-order valence-electron chi connectivity index (χ1n) is 21.9. The van der Waals surface area contributed by atoms with Crippen molar-refractivity contribution < 1.29 is 33.3 Å². The molecule has 5 aliphatic carbocycles. The van der Waals surface area contributed by atoms with Crippen LogP contribution in [0.2, 0.25) is 0 Å². The zero-order chi connectivity index (χ0) is 41.4. The molecular formula is C50H64O8. The molecule has 2 aromatic carbocycles. The Morgan fingerprint density at radius 3 is 2.21 bits per heavy atom. The summed E-state index contributed by atoms with van der Waals surface area (Å²) in [5, 5.41) is 9.91. The molecule has 1 N–H and O–H groups in total. The number of para-hydroxylation sites is 1. The molecule has 8 heteroatoms. The number of hydrogen-bond donors (Lipinski definition) is 1. The number of phenolic OH excluding ortho intramolecular Hbond substituents is 1. The minimum Gasteiger partial charge on any atom is -0.508 e. The van der Waals surface area contributed by atoms with E-state index in [0.29, 0.717) is 51.7 Å². The number of ether oxygens (including phenoxy) is 3. The molecule has 4 saturated carbocycles. The monoisotopic (exact) mass is 792 g/mol. The van der Waals surface area contributed by atoms with Crippen LogP contribution in [0.1, 0.15) is 126 Å². The predicted octanol–water partition coefficient (Wildman–Crippen LogP) is 11.2. The smallest absolute Gasteiger partial charge is 0.311 e. The zero-order valence-electron chi connectivity index (χ0n) is 36.0. The van der Waals surface area contributed by atoms with Crippen molar-refractivity contribution in [3.05, 3.63) is 70.6 Å². The maximum absolute atomic E-state index is 13.4.